The highest BCUT2D eigenvalue weighted by Gasteiger charge is 2.15. The van der Waals surface area contributed by atoms with Gasteiger partial charge in [0.1, 0.15) is 12.1 Å². The van der Waals surface area contributed by atoms with Crippen molar-refractivity contribution in [1.29, 1.82) is 0 Å². The van der Waals surface area contributed by atoms with Crippen LogP contribution >= 0.6 is 24.0 Å². The number of alkyl carbamates (subject to hydrolysis) is 1. The van der Waals surface area contributed by atoms with Gasteiger partial charge in [-0.25, -0.2) is 14.8 Å². The van der Waals surface area contributed by atoms with E-state index in [0.29, 0.717) is 31.5 Å². The predicted molar refractivity (Wildman–Crippen MR) is 134 cm³/mol. The zero-order valence-electron chi connectivity index (χ0n) is 18.9. The van der Waals surface area contributed by atoms with Gasteiger partial charge in [0, 0.05) is 25.2 Å². The second-order valence-corrected chi connectivity index (χ2v) is 7.89. The quantitative estimate of drug-likeness (QED) is 0.199. The van der Waals surface area contributed by atoms with Crippen molar-refractivity contribution in [1.82, 2.24) is 20.9 Å². The highest BCUT2D eigenvalue weighted by molar-refractivity contribution is 14.0. The number of aryl methyl sites for hydroxylation is 1. The van der Waals surface area contributed by atoms with Gasteiger partial charge in [-0.1, -0.05) is 29.8 Å². The maximum Gasteiger partial charge on any atom is 0.407 e. The van der Waals surface area contributed by atoms with E-state index >= 15 is 0 Å². The van der Waals surface area contributed by atoms with Gasteiger partial charge in [-0.3, -0.25) is 0 Å². The van der Waals surface area contributed by atoms with E-state index in [4.69, 9.17) is 9.15 Å². The lowest BCUT2D eigenvalue weighted by Gasteiger charge is -2.19. The molecule has 0 bridgehead atoms. The van der Waals surface area contributed by atoms with E-state index in [1.54, 1.807) is 6.20 Å². The number of rotatable bonds is 8. The summed E-state index contributed by atoms with van der Waals surface area (Å²) in [5.74, 6) is 1.95. The van der Waals surface area contributed by atoms with Gasteiger partial charge in [0.2, 0.25) is 5.89 Å². The molecule has 0 fully saturated rings. The van der Waals surface area contributed by atoms with Crippen molar-refractivity contribution in [3.05, 3.63) is 41.9 Å². The molecule has 1 amide bonds. The molecule has 0 radical (unpaired) electrons. The van der Waals surface area contributed by atoms with Crippen LogP contribution < -0.4 is 16.0 Å². The lowest BCUT2D eigenvalue weighted by atomic mass is 10.1. The summed E-state index contributed by atoms with van der Waals surface area (Å²) in [4.78, 5) is 20.5. The zero-order chi connectivity index (χ0) is 22.0. The van der Waals surface area contributed by atoms with E-state index in [9.17, 15) is 4.79 Å². The van der Waals surface area contributed by atoms with E-state index in [-0.39, 0.29) is 24.0 Å². The van der Waals surface area contributed by atoms with E-state index in [2.05, 4.69) is 25.9 Å². The van der Waals surface area contributed by atoms with Crippen LogP contribution in [-0.4, -0.2) is 42.3 Å². The number of hydrogen-bond donors (Lipinski definition) is 3. The molecule has 8 nitrogen and oxygen atoms in total. The topological polar surface area (TPSA) is 101 Å². The number of hydrogen-bond acceptors (Lipinski definition) is 5. The van der Waals surface area contributed by atoms with Crippen LogP contribution in [0.4, 0.5) is 4.79 Å². The van der Waals surface area contributed by atoms with Crippen molar-refractivity contribution in [2.75, 3.05) is 19.6 Å². The molecule has 1 aromatic heterocycles. The van der Waals surface area contributed by atoms with Crippen LogP contribution in [0.2, 0.25) is 0 Å². The summed E-state index contributed by atoms with van der Waals surface area (Å²) in [5, 5.41) is 9.16. The van der Waals surface area contributed by atoms with Crippen molar-refractivity contribution in [3.63, 3.8) is 0 Å². The fraction of sp³-hybridized carbons (Fsp3) is 0.500. The molecule has 172 valence electrons. The van der Waals surface area contributed by atoms with Crippen molar-refractivity contribution < 1.29 is 13.9 Å². The van der Waals surface area contributed by atoms with Gasteiger partial charge in [0.25, 0.3) is 0 Å². The summed E-state index contributed by atoms with van der Waals surface area (Å²) in [6.07, 6.45) is 2.05. The summed E-state index contributed by atoms with van der Waals surface area (Å²) in [6, 6.07) is 8.11. The van der Waals surface area contributed by atoms with Gasteiger partial charge >= 0.3 is 6.09 Å². The molecule has 0 saturated heterocycles. The van der Waals surface area contributed by atoms with Gasteiger partial charge in [0.05, 0.1) is 6.20 Å². The Labute approximate surface area is 201 Å². The number of halogens is 1. The Hall–Kier alpha value is -2.30. The summed E-state index contributed by atoms with van der Waals surface area (Å²) < 4.78 is 11.0. The minimum atomic E-state index is -0.494. The van der Waals surface area contributed by atoms with Crippen LogP contribution in [0.5, 0.6) is 0 Å². The third-order valence-corrected chi connectivity index (χ3v) is 3.92. The number of aromatic nitrogens is 1. The van der Waals surface area contributed by atoms with Crippen molar-refractivity contribution >= 4 is 36.0 Å². The first-order valence-corrected chi connectivity index (χ1v) is 10.3. The Morgan fingerprint density at radius 1 is 1.13 bits per heavy atom. The third-order valence-electron chi connectivity index (χ3n) is 3.92. The minimum Gasteiger partial charge on any atom is -0.444 e. The molecular formula is C22H34IN5O3. The number of amides is 1. The van der Waals surface area contributed by atoms with Crippen molar-refractivity contribution in [2.24, 2.45) is 4.99 Å². The number of aliphatic imine (C=N–C) groups is 1. The molecule has 31 heavy (non-hydrogen) atoms. The minimum absolute atomic E-state index is 0. The Balaban J connectivity index is 0.00000480. The van der Waals surface area contributed by atoms with Gasteiger partial charge in [0.15, 0.2) is 11.7 Å². The first-order valence-electron chi connectivity index (χ1n) is 10.3. The van der Waals surface area contributed by atoms with Gasteiger partial charge in [-0.05, 0) is 41.0 Å². The normalized spacial score (nSPS) is 11.5. The van der Waals surface area contributed by atoms with E-state index in [1.807, 2.05) is 58.9 Å². The SMILES string of the molecule is CCNC(=NCc1ncc(-c2ccc(C)cc2)o1)NCCCNC(=O)OC(C)(C)C.I. The number of benzene rings is 1. The number of ether oxygens (including phenoxy) is 1. The molecule has 2 rings (SSSR count). The fourth-order valence-corrected chi connectivity index (χ4v) is 2.52. The molecule has 1 heterocycles. The predicted octanol–water partition coefficient (Wildman–Crippen LogP) is 4.24. The standard InChI is InChI=1S/C22H33N5O3.HI/c1-6-23-20(24-12-7-13-25-21(28)30-22(3,4)5)27-15-19-26-14-18(29-19)17-10-8-16(2)9-11-17;/h8-11,14H,6-7,12-13,15H2,1-5H3,(H,25,28)(H2,23,24,27);1H. The Kier molecular flexibility index (Phi) is 11.4. The number of nitrogens with zero attached hydrogens (tertiary/aromatic N) is 2. The average Bonchev–Trinajstić information content (AvgIpc) is 3.14. The molecule has 3 N–H and O–H groups in total. The molecular weight excluding hydrogens is 509 g/mol. The smallest absolute Gasteiger partial charge is 0.407 e. The molecule has 9 heteroatoms. The van der Waals surface area contributed by atoms with Crippen LogP contribution in [0.15, 0.2) is 39.9 Å². The number of carbonyl (C=O) groups excluding carboxylic acids is 1. The monoisotopic (exact) mass is 543 g/mol. The first kappa shape index (κ1) is 26.7. The molecule has 0 aliphatic heterocycles. The van der Waals surface area contributed by atoms with Crippen molar-refractivity contribution in [3.8, 4) is 11.3 Å². The fourth-order valence-electron chi connectivity index (χ4n) is 2.52. The van der Waals surface area contributed by atoms with Crippen LogP contribution in [0.25, 0.3) is 11.3 Å². The van der Waals surface area contributed by atoms with E-state index < -0.39 is 11.7 Å². The molecule has 0 unspecified atom stereocenters. The lowest BCUT2D eigenvalue weighted by molar-refractivity contribution is 0.0527. The van der Waals surface area contributed by atoms with Crippen LogP contribution in [0.3, 0.4) is 0 Å². The largest absolute Gasteiger partial charge is 0.444 e. The molecule has 0 aliphatic rings. The Morgan fingerprint density at radius 3 is 2.45 bits per heavy atom. The highest BCUT2D eigenvalue weighted by atomic mass is 127. The molecule has 0 spiro atoms. The molecule has 0 saturated carbocycles. The maximum absolute atomic E-state index is 11.6. The third kappa shape index (κ3) is 10.5. The Bertz CT molecular complexity index is 828. The summed E-state index contributed by atoms with van der Waals surface area (Å²) in [5.41, 5.74) is 1.70. The molecule has 0 aliphatic carbocycles. The van der Waals surface area contributed by atoms with Gasteiger partial charge < -0.3 is 25.1 Å². The zero-order valence-corrected chi connectivity index (χ0v) is 21.3. The molecule has 1 aromatic carbocycles. The van der Waals surface area contributed by atoms with Crippen LogP contribution in [-0.2, 0) is 11.3 Å². The molecule has 0 atom stereocenters. The second kappa shape index (κ2) is 13.2. The highest BCUT2D eigenvalue weighted by Crippen LogP contribution is 2.20. The van der Waals surface area contributed by atoms with Gasteiger partial charge in [-0.15, -0.1) is 24.0 Å². The average molecular weight is 543 g/mol. The summed E-state index contributed by atoms with van der Waals surface area (Å²) >= 11 is 0. The van der Waals surface area contributed by atoms with Crippen LogP contribution in [0, 0.1) is 6.92 Å². The summed E-state index contributed by atoms with van der Waals surface area (Å²) in [7, 11) is 0. The number of guanidine groups is 1. The van der Waals surface area contributed by atoms with Crippen molar-refractivity contribution in [2.45, 2.75) is 53.2 Å². The lowest BCUT2D eigenvalue weighted by Crippen LogP contribution is -2.39. The maximum atomic E-state index is 11.6. The first-order chi connectivity index (χ1) is 14.3. The Morgan fingerprint density at radius 2 is 1.81 bits per heavy atom. The number of oxazole rings is 1. The summed E-state index contributed by atoms with van der Waals surface area (Å²) in [6.45, 7) is 11.8. The van der Waals surface area contributed by atoms with Crippen LogP contribution in [0.1, 0.15) is 45.6 Å². The van der Waals surface area contributed by atoms with E-state index in [0.717, 1.165) is 24.3 Å². The molecule has 2 aromatic rings. The number of nitrogens with one attached hydrogen (secondary N) is 3. The second-order valence-electron chi connectivity index (χ2n) is 7.89. The number of carbonyl (C=O) groups is 1. The van der Waals surface area contributed by atoms with E-state index in [1.165, 1.54) is 5.56 Å². The van der Waals surface area contributed by atoms with Gasteiger partial charge in [-0.2, -0.15) is 0 Å².